The number of aliphatic hydroxyl groups excluding tert-OH is 1. The number of aromatic nitrogens is 1. The first-order valence-electron chi connectivity index (χ1n) is 5.78. The summed E-state index contributed by atoms with van der Waals surface area (Å²) >= 11 is 0. The number of nitrogens with one attached hydrogen (secondary N) is 1. The lowest BCUT2D eigenvalue weighted by atomic mass is 10.3. The number of benzene rings is 1. The highest BCUT2D eigenvalue weighted by atomic mass is 32.2. The van der Waals surface area contributed by atoms with Crippen molar-refractivity contribution in [3.05, 3.63) is 48.2 Å². The molecule has 0 aliphatic heterocycles. The van der Waals surface area contributed by atoms with Crippen molar-refractivity contribution in [1.82, 2.24) is 4.98 Å². The van der Waals surface area contributed by atoms with Crippen molar-refractivity contribution in [2.24, 2.45) is 0 Å². The summed E-state index contributed by atoms with van der Waals surface area (Å²) in [6.45, 7) is -0.187. The number of hydrogen-bond acceptors (Lipinski definition) is 5. The van der Waals surface area contributed by atoms with Gasteiger partial charge in [0, 0.05) is 6.20 Å². The number of anilines is 1. The molecule has 0 aliphatic rings. The first-order valence-corrected chi connectivity index (χ1v) is 7.27. The van der Waals surface area contributed by atoms with Crippen LogP contribution in [0.15, 0.2) is 47.6 Å². The van der Waals surface area contributed by atoms with E-state index in [0.717, 1.165) is 0 Å². The van der Waals surface area contributed by atoms with Gasteiger partial charge in [0.05, 0.1) is 19.4 Å². The third-order valence-corrected chi connectivity index (χ3v) is 3.89. The van der Waals surface area contributed by atoms with Gasteiger partial charge in [-0.2, -0.15) is 8.42 Å². The summed E-state index contributed by atoms with van der Waals surface area (Å²) < 4.78 is 31.9. The Bertz CT molecular complexity index is 684. The highest BCUT2D eigenvalue weighted by Crippen LogP contribution is 2.25. The monoisotopic (exact) mass is 294 g/mol. The number of methoxy groups -OCH3 is 1. The molecule has 106 valence electrons. The van der Waals surface area contributed by atoms with Crippen molar-refractivity contribution in [3.63, 3.8) is 0 Å². The molecule has 0 saturated carbocycles. The zero-order valence-corrected chi connectivity index (χ0v) is 11.6. The highest BCUT2D eigenvalue weighted by molar-refractivity contribution is 7.92. The van der Waals surface area contributed by atoms with Gasteiger partial charge in [-0.1, -0.05) is 18.2 Å². The van der Waals surface area contributed by atoms with Crippen molar-refractivity contribution >= 4 is 15.7 Å². The Hall–Kier alpha value is -2.12. The molecule has 0 radical (unpaired) electrons. The molecule has 1 aromatic carbocycles. The topological polar surface area (TPSA) is 88.5 Å². The third-order valence-electron chi connectivity index (χ3n) is 2.61. The maximum Gasteiger partial charge on any atom is 0.279 e. The first kappa shape index (κ1) is 14.3. The van der Waals surface area contributed by atoms with E-state index >= 15 is 0 Å². The van der Waals surface area contributed by atoms with Crippen LogP contribution >= 0.6 is 0 Å². The number of rotatable bonds is 5. The van der Waals surface area contributed by atoms with Gasteiger partial charge in [-0.05, 0) is 23.8 Å². The average molecular weight is 294 g/mol. The Morgan fingerprint density at radius 3 is 2.60 bits per heavy atom. The van der Waals surface area contributed by atoms with Crippen molar-refractivity contribution in [3.8, 4) is 5.75 Å². The van der Waals surface area contributed by atoms with Gasteiger partial charge in [-0.25, -0.2) is 4.98 Å². The van der Waals surface area contributed by atoms with Crippen molar-refractivity contribution < 1.29 is 18.3 Å². The molecule has 0 fully saturated rings. The molecule has 6 nitrogen and oxygen atoms in total. The quantitative estimate of drug-likeness (QED) is 0.869. The summed E-state index contributed by atoms with van der Waals surface area (Å²) in [7, 11) is -2.33. The number of ether oxygens (including phenoxy) is 1. The third kappa shape index (κ3) is 3.06. The van der Waals surface area contributed by atoms with Gasteiger partial charge < -0.3 is 9.84 Å². The molecule has 2 N–H and O–H groups in total. The Labute approximate surface area is 117 Å². The average Bonchev–Trinajstić information content (AvgIpc) is 2.47. The minimum absolute atomic E-state index is 0.124. The van der Waals surface area contributed by atoms with Crippen LogP contribution in [-0.4, -0.2) is 25.6 Å². The van der Waals surface area contributed by atoms with E-state index in [1.165, 1.54) is 25.4 Å². The van der Waals surface area contributed by atoms with E-state index in [2.05, 4.69) is 9.71 Å². The van der Waals surface area contributed by atoms with Crippen LogP contribution in [0.4, 0.5) is 5.69 Å². The minimum Gasteiger partial charge on any atom is -0.495 e. The molecule has 0 amide bonds. The molecular weight excluding hydrogens is 280 g/mol. The molecule has 0 spiro atoms. The lowest BCUT2D eigenvalue weighted by Gasteiger charge is -2.11. The number of nitrogens with zero attached hydrogens (tertiary/aromatic N) is 1. The van der Waals surface area contributed by atoms with Crippen molar-refractivity contribution in [2.75, 3.05) is 11.8 Å². The molecule has 1 aromatic heterocycles. The molecular formula is C13H14N2O4S. The van der Waals surface area contributed by atoms with Crippen LogP contribution in [0.25, 0.3) is 0 Å². The fraction of sp³-hybridized carbons (Fsp3) is 0.154. The van der Waals surface area contributed by atoms with Gasteiger partial charge in [-0.15, -0.1) is 0 Å². The van der Waals surface area contributed by atoms with Crippen LogP contribution in [0, 0.1) is 0 Å². The number of hydrogen-bond donors (Lipinski definition) is 2. The minimum atomic E-state index is -3.79. The summed E-state index contributed by atoms with van der Waals surface area (Å²) in [6.07, 6.45) is 1.32. The molecule has 2 rings (SSSR count). The number of sulfonamides is 1. The molecule has 1 heterocycles. The molecule has 0 aliphatic carbocycles. The Morgan fingerprint density at radius 2 is 2.00 bits per heavy atom. The van der Waals surface area contributed by atoms with E-state index < -0.39 is 10.0 Å². The van der Waals surface area contributed by atoms with Gasteiger partial charge in [-0.3, -0.25) is 4.72 Å². The van der Waals surface area contributed by atoms with Crippen LogP contribution in [-0.2, 0) is 16.6 Å². The molecule has 7 heteroatoms. The van der Waals surface area contributed by atoms with E-state index in [0.29, 0.717) is 17.0 Å². The van der Waals surface area contributed by atoms with Crippen LogP contribution in [0.2, 0.25) is 0 Å². The smallest absolute Gasteiger partial charge is 0.279 e. The van der Waals surface area contributed by atoms with Crippen LogP contribution in [0.1, 0.15) is 5.56 Å². The second kappa shape index (κ2) is 5.89. The molecule has 2 aromatic rings. The van der Waals surface area contributed by atoms with E-state index in [4.69, 9.17) is 9.84 Å². The normalized spacial score (nSPS) is 11.1. The zero-order chi connectivity index (χ0) is 14.6. The van der Waals surface area contributed by atoms with Crippen LogP contribution < -0.4 is 9.46 Å². The van der Waals surface area contributed by atoms with Gasteiger partial charge in [0.25, 0.3) is 10.0 Å². The summed E-state index contributed by atoms with van der Waals surface area (Å²) in [4.78, 5) is 3.82. The molecule has 0 saturated heterocycles. The predicted octanol–water partition coefficient (Wildman–Crippen LogP) is 1.38. The fourth-order valence-electron chi connectivity index (χ4n) is 1.59. The lowest BCUT2D eigenvalue weighted by Crippen LogP contribution is -2.15. The SMILES string of the molecule is COc1ccccc1NS(=O)(=O)c1ccc(CO)cn1. The van der Waals surface area contributed by atoms with E-state index in [-0.39, 0.29) is 11.6 Å². The van der Waals surface area contributed by atoms with Gasteiger partial charge >= 0.3 is 0 Å². The highest BCUT2D eigenvalue weighted by Gasteiger charge is 2.17. The standard InChI is InChI=1S/C13H14N2O4S/c1-19-12-5-3-2-4-11(12)15-20(17,18)13-7-6-10(9-16)8-14-13/h2-8,15-16H,9H2,1H3. The summed E-state index contributed by atoms with van der Waals surface area (Å²) in [6, 6.07) is 9.53. The van der Waals surface area contributed by atoms with Crippen molar-refractivity contribution in [1.29, 1.82) is 0 Å². The zero-order valence-electron chi connectivity index (χ0n) is 10.8. The van der Waals surface area contributed by atoms with Crippen LogP contribution in [0.5, 0.6) is 5.75 Å². The van der Waals surface area contributed by atoms with Gasteiger partial charge in [0.15, 0.2) is 5.03 Å². The second-order valence-corrected chi connectivity index (χ2v) is 5.60. The number of aliphatic hydroxyl groups is 1. The van der Waals surface area contributed by atoms with Gasteiger partial charge in [0.2, 0.25) is 0 Å². The van der Waals surface area contributed by atoms with Crippen LogP contribution in [0.3, 0.4) is 0 Å². The number of para-hydroxylation sites is 2. The lowest BCUT2D eigenvalue weighted by molar-refractivity contribution is 0.281. The number of pyridine rings is 1. The predicted molar refractivity (Wildman–Crippen MR) is 74.0 cm³/mol. The Morgan fingerprint density at radius 1 is 1.25 bits per heavy atom. The summed E-state index contributed by atoms with van der Waals surface area (Å²) in [5.41, 5.74) is 0.879. The van der Waals surface area contributed by atoms with E-state index in [1.807, 2.05) is 0 Å². The van der Waals surface area contributed by atoms with E-state index in [9.17, 15) is 8.42 Å². The van der Waals surface area contributed by atoms with Crippen molar-refractivity contribution in [2.45, 2.75) is 11.6 Å². The molecule has 0 unspecified atom stereocenters. The second-order valence-electron chi connectivity index (χ2n) is 3.97. The van der Waals surface area contributed by atoms with E-state index in [1.54, 1.807) is 24.3 Å². The summed E-state index contributed by atoms with van der Waals surface area (Å²) in [5, 5.41) is 8.79. The maximum atomic E-state index is 12.2. The largest absolute Gasteiger partial charge is 0.495 e. The Kier molecular flexibility index (Phi) is 4.21. The van der Waals surface area contributed by atoms with Gasteiger partial charge in [0.1, 0.15) is 5.75 Å². The Balaban J connectivity index is 2.30. The first-order chi connectivity index (χ1) is 9.56. The summed E-state index contributed by atoms with van der Waals surface area (Å²) in [5.74, 6) is 0.419. The maximum absolute atomic E-state index is 12.2. The molecule has 20 heavy (non-hydrogen) atoms. The molecule has 0 atom stereocenters. The molecule has 0 bridgehead atoms. The fourth-order valence-corrected chi connectivity index (χ4v) is 2.59.